The van der Waals surface area contributed by atoms with E-state index in [0.29, 0.717) is 11.3 Å². The average molecular weight is 393 g/mol. The van der Waals surface area contributed by atoms with E-state index in [0.717, 1.165) is 0 Å². The van der Waals surface area contributed by atoms with Gasteiger partial charge in [-0.1, -0.05) is 0 Å². The largest absolute Gasteiger partial charge is 0.468 e. The summed E-state index contributed by atoms with van der Waals surface area (Å²) in [5.74, 6) is -0.143. The van der Waals surface area contributed by atoms with Crippen molar-refractivity contribution in [1.29, 1.82) is 0 Å². The predicted molar refractivity (Wildman–Crippen MR) is 99.4 cm³/mol. The first kappa shape index (κ1) is 20.7. The van der Waals surface area contributed by atoms with E-state index < -0.39 is 10.0 Å². The molecule has 1 aromatic carbocycles. The Morgan fingerprint density at radius 2 is 1.81 bits per heavy atom. The number of furan rings is 1. The van der Waals surface area contributed by atoms with Gasteiger partial charge in [-0.2, -0.15) is 0 Å². The fourth-order valence-electron chi connectivity index (χ4n) is 2.31. The van der Waals surface area contributed by atoms with Gasteiger partial charge in [-0.25, -0.2) is 13.1 Å². The number of carbonyl (C=O) groups is 2. The molecule has 1 aromatic heterocycles. The highest BCUT2D eigenvalue weighted by molar-refractivity contribution is 7.89. The molecule has 2 aromatic rings. The highest BCUT2D eigenvalue weighted by Gasteiger charge is 2.18. The van der Waals surface area contributed by atoms with Gasteiger partial charge in [0.25, 0.3) is 5.91 Å². The first-order valence-corrected chi connectivity index (χ1v) is 9.84. The highest BCUT2D eigenvalue weighted by atomic mass is 32.2. The highest BCUT2D eigenvalue weighted by Crippen LogP contribution is 2.13. The van der Waals surface area contributed by atoms with Crippen LogP contribution in [0.3, 0.4) is 0 Å². The topological polar surface area (TPSA) is 109 Å². The molecule has 0 spiro atoms. The third kappa shape index (κ3) is 5.93. The zero-order valence-corrected chi connectivity index (χ0v) is 16.2. The molecule has 0 aliphatic heterocycles. The molecule has 0 saturated carbocycles. The second kappa shape index (κ2) is 8.83. The van der Waals surface area contributed by atoms with Crippen LogP contribution in [-0.2, 0) is 21.4 Å². The third-order valence-corrected chi connectivity index (χ3v) is 5.02. The lowest BCUT2D eigenvalue weighted by molar-refractivity contribution is -0.122. The van der Waals surface area contributed by atoms with Crippen molar-refractivity contribution in [2.75, 3.05) is 13.6 Å². The average Bonchev–Trinajstić information content (AvgIpc) is 3.12. The van der Waals surface area contributed by atoms with Gasteiger partial charge < -0.3 is 14.6 Å². The Hall–Kier alpha value is -2.65. The van der Waals surface area contributed by atoms with Crippen LogP contribution in [0.5, 0.6) is 0 Å². The van der Waals surface area contributed by atoms with E-state index in [1.165, 1.54) is 42.5 Å². The molecule has 0 aliphatic rings. The molecule has 1 heterocycles. The van der Waals surface area contributed by atoms with Crippen molar-refractivity contribution in [2.45, 2.75) is 31.3 Å². The number of hydrogen-bond acceptors (Lipinski definition) is 5. The minimum Gasteiger partial charge on any atom is -0.468 e. The molecule has 0 aliphatic carbocycles. The SMILES string of the molecule is CC(C)NC(=O)CN(C)C(=O)c1ccc(S(=O)(=O)NCc2ccco2)cc1. The third-order valence-electron chi connectivity index (χ3n) is 3.61. The molecule has 0 fully saturated rings. The summed E-state index contributed by atoms with van der Waals surface area (Å²) in [6.07, 6.45) is 1.46. The van der Waals surface area contributed by atoms with Crippen molar-refractivity contribution in [1.82, 2.24) is 14.9 Å². The summed E-state index contributed by atoms with van der Waals surface area (Å²) >= 11 is 0. The molecule has 27 heavy (non-hydrogen) atoms. The molecule has 2 amide bonds. The van der Waals surface area contributed by atoms with Gasteiger partial charge in [0, 0.05) is 18.7 Å². The minimum atomic E-state index is -3.73. The molecule has 146 valence electrons. The minimum absolute atomic E-state index is 0.0147. The quantitative estimate of drug-likeness (QED) is 0.704. The van der Waals surface area contributed by atoms with Crippen LogP contribution in [0.15, 0.2) is 52.0 Å². The second-order valence-corrected chi connectivity index (χ2v) is 8.08. The van der Waals surface area contributed by atoms with Crippen molar-refractivity contribution < 1.29 is 22.4 Å². The smallest absolute Gasteiger partial charge is 0.254 e. The fraction of sp³-hybridized carbons (Fsp3) is 0.333. The molecule has 2 N–H and O–H groups in total. The van der Waals surface area contributed by atoms with E-state index in [2.05, 4.69) is 10.0 Å². The number of carbonyl (C=O) groups excluding carboxylic acids is 2. The Balaban J connectivity index is 2.00. The number of benzene rings is 1. The first-order valence-electron chi connectivity index (χ1n) is 8.36. The van der Waals surface area contributed by atoms with Gasteiger partial charge in [-0.15, -0.1) is 0 Å². The van der Waals surface area contributed by atoms with Gasteiger partial charge in [-0.05, 0) is 50.2 Å². The molecule has 0 unspecified atom stereocenters. The Morgan fingerprint density at radius 1 is 1.15 bits per heavy atom. The molecule has 9 heteroatoms. The molecular formula is C18H23N3O5S. The van der Waals surface area contributed by atoms with E-state index in [9.17, 15) is 18.0 Å². The number of sulfonamides is 1. The van der Waals surface area contributed by atoms with Crippen molar-refractivity contribution in [3.8, 4) is 0 Å². The Bertz CT molecular complexity index is 874. The van der Waals surface area contributed by atoms with Crippen LogP contribution in [0, 0.1) is 0 Å². The Kier molecular flexibility index (Phi) is 6.75. The van der Waals surface area contributed by atoms with E-state index in [1.54, 1.807) is 12.1 Å². The van der Waals surface area contributed by atoms with Gasteiger partial charge >= 0.3 is 0 Å². The zero-order chi connectivity index (χ0) is 20.0. The number of nitrogens with zero attached hydrogens (tertiary/aromatic N) is 1. The van der Waals surface area contributed by atoms with Crippen LogP contribution >= 0.6 is 0 Å². The maximum Gasteiger partial charge on any atom is 0.254 e. The summed E-state index contributed by atoms with van der Waals surface area (Å²) in [6.45, 7) is 3.61. The number of hydrogen-bond donors (Lipinski definition) is 2. The number of likely N-dealkylation sites (N-methyl/N-ethyl adjacent to an activating group) is 1. The molecular weight excluding hydrogens is 370 g/mol. The van der Waals surface area contributed by atoms with Crippen molar-refractivity contribution in [2.24, 2.45) is 0 Å². The molecule has 0 saturated heterocycles. The predicted octanol–water partition coefficient (Wildman–Crippen LogP) is 1.35. The van der Waals surface area contributed by atoms with Gasteiger partial charge in [0.1, 0.15) is 5.76 Å². The molecule has 0 bridgehead atoms. The van der Waals surface area contributed by atoms with Crippen LogP contribution in [-0.4, -0.2) is 44.8 Å². The van der Waals surface area contributed by atoms with Gasteiger partial charge in [-0.3, -0.25) is 9.59 Å². The summed E-state index contributed by atoms with van der Waals surface area (Å²) in [6, 6.07) is 8.84. The molecule has 2 rings (SSSR count). The van der Waals surface area contributed by atoms with E-state index in [-0.39, 0.29) is 35.8 Å². The van der Waals surface area contributed by atoms with Gasteiger partial charge in [0.15, 0.2) is 0 Å². The second-order valence-electron chi connectivity index (χ2n) is 6.31. The van der Waals surface area contributed by atoms with Gasteiger partial charge in [0.05, 0.1) is 24.2 Å². The maximum absolute atomic E-state index is 12.4. The van der Waals surface area contributed by atoms with E-state index >= 15 is 0 Å². The van der Waals surface area contributed by atoms with Crippen molar-refractivity contribution in [3.63, 3.8) is 0 Å². The zero-order valence-electron chi connectivity index (χ0n) is 15.4. The molecule has 0 radical (unpaired) electrons. The lowest BCUT2D eigenvalue weighted by Crippen LogP contribution is -2.40. The fourth-order valence-corrected chi connectivity index (χ4v) is 3.31. The summed E-state index contributed by atoms with van der Waals surface area (Å²) in [7, 11) is -2.22. The van der Waals surface area contributed by atoms with Crippen molar-refractivity contribution in [3.05, 3.63) is 54.0 Å². The monoisotopic (exact) mass is 393 g/mol. The Morgan fingerprint density at radius 3 is 2.37 bits per heavy atom. The van der Waals surface area contributed by atoms with Crippen molar-refractivity contribution >= 4 is 21.8 Å². The van der Waals surface area contributed by atoms with Crippen LogP contribution < -0.4 is 10.0 Å². The first-order chi connectivity index (χ1) is 12.7. The lowest BCUT2D eigenvalue weighted by atomic mass is 10.2. The molecule has 0 atom stereocenters. The maximum atomic E-state index is 12.4. The lowest BCUT2D eigenvalue weighted by Gasteiger charge is -2.18. The number of amides is 2. The van der Waals surface area contributed by atoms with Crippen LogP contribution in [0.4, 0.5) is 0 Å². The summed E-state index contributed by atoms with van der Waals surface area (Å²) in [5.41, 5.74) is 0.292. The van der Waals surface area contributed by atoms with E-state index in [1.807, 2.05) is 13.8 Å². The summed E-state index contributed by atoms with van der Waals surface area (Å²) in [5, 5.41) is 2.71. The summed E-state index contributed by atoms with van der Waals surface area (Å²) in [4.78, 5) is 25.4. The normalized spacial score (nSPS) is 11.4. The van der Waals surface area contributed by atoms with Crippen LogP contribution in [0.2, 0.25) is 0 Å². The Labute approximate surface area is 158 Å². The standard InChI is InChI=1S/C18H23N3O5S/c1-13(2)20-17(22)12-21(3)18(23)14-6-8-16(9-7-14)27(24,25)19-11-15-5-4-10-26-15/h4-10,13,19H,11-12H2,1-3H3,(H,20,22). The van der Waals surface area contributed by atoms with Crippen LogP contribution in [0.25, 0.3) is 0 Å². The number of nitrogens with one attached hydrogen (secondary N) is 2. The van der Waals surface area contributed by atoms with Gasteiger partial charge in [0.2, 0.25) is 15.9 Å². The van der Waals surface area contributed by atoms with E-state index in [4.69, 9.17) is 4.42 Å². The van der Waals surface area contributed by atoms with Crippen LogP contribution in [0.1, 0.15) is 30.0 Å². The number of rotatable bonds is 8. The summed E-state index contributed by atoms with van der Waals surface area (Å²) < 4.78 is 32.1. The molecule has 8 nitrogen and oxygen atoms in total.